The Bertz CT molecular complexity index is 1130. The SMILES string of the molecule is COc1ccccc1CN(C)C(=O)CSc1nnc([C@H](C)N2CCCCC2)n1-c1ccc(F)cc1. The summed E-state index contributed by atoms with van der Waals surface area (Å²) in [7, 11) is 3.41. The van der Waals surface area contributed by atoms with Crippen LogP contribution in [0.15, 0.2) is 53.7 Å². The van der Waals surface area contributed by atoms with Gasteiger partial charge in [-0.3, -0.25) is 14.3 Å². The molecule has 2 heterocycles. The monoisotopic (exact) mass is 497 g/mol. The second-order valence-electron chi connectivity index (χ2n) is 8.78. The number of ether oxygens (including phenoxy) is 1. The van der Waals surface area contributed by atoms with Gasteiger partial charge in [0.05, 0.1) is 18.9 Å². The quantitative estimate of drug-likeness (QED) is 0.399. The van der Waals surface area contributed by atoms with Gasteiger partial charge >= 0.3 is 0 Å². The fourth-order valence-electron chi connectivity index (χ4n) is 4.36. The summed E-state index contributed by atoms with van der Waals surface area (Å²) >= 11 is 1.34. The molecule has 0 spiro atoms. The maximum absolute atomic E-state index is 13.6. The summed E-state index contributed by atoms with van der Waals surface area (Å²) in [6, 6.07) is 14.1. The van der Waals surface area contributed by atoms with Gasteiger partial charge in [-0.25, -0.2) is 4.39 Å². The molecule has 1 amide bonds. The number of rotatable bonds is 9. The predicted molar refractivity (Wildman–Crippen MR) is 135 cm³/mol. The Balaban J connectivity index is 1.52. The molecule has 4 rings (SSSR count). The van der Waals surface area contributed by atoms with Crippen LogP contribution < -0.4 is 4.74 Å². The average molecular weight is 498 g/mol. The summed E-state index contributed by atoms with van der Waals surface area (Å²) < 4.78 is 21.0. The van der Waals surface area contributed by atoms with Crippen LogP contribution in [0.5, 0.6) is 5.75 Å². The molecule has 0 aliphatic carbocycles. The van der Waals surface area contributed by atoms with Crippen LogP contribution in [0.2, 0.25) is 0 Å². The van der Waals surface area contributed by atoms with Gasteiger partial charge in [-0.15, -0.1) is 10.2 Å². The molecule has 1 aliphatic heterocycles. The number of para-hydroxylation sites is 1. The summed E-state index contributed by atoms with van der Waals surface area (Å²) in [5.41, 5.74) is 1.73. The fraction of sp³-hybridized carbons (Fsp3) is 0.423. The van der Waals surface area contributed by atoms with Crippen LogP contribution in [0.4, 0.5) is 4.39 Å². The third kappa shape index (κ3) is 6.02. The Kier molecular flexibility index (Phi) is 8.41. The second-order valence-corrected chi connectivity index (χ2v) is 9.72. The van der Waals surface area contributed by atoms with E-state index >= 15 is 0 Å². The van der Waals surface area contributed by atoms with Gasteiger partial charge in [-0.1, -0.05) is 36.4 Å². The Hall–Kier alpha value is -2.91. The molecule has 1 fully saturated rings. The maximum Gasteiger partial charge on any atom is 0.233 e. The van der Waals surface area contributed by atoms with Crippen LogP contribution in [0.1, 0.15) is 43.6 Å². The van der Waals surface area contributed by atoms with Crippen LogP contribution >= 0.6 is 11.8 Å². The number of benzene rings is 2. The average Bonchev–Trinajstić information content (AvgIpc) is 3.32. The van der Waals surface area contributed by atoms with Gasteiger partial charge in [0.25, 0.3) is 0 Å². The zero-order valence-corrected chi connectivity index (χ0v) is 21.3. The van der Waals surface area contributed by atoms with Crippen molar-refractivity contribution in [3.05, 3.63) is 65.7 Å². The third-order valence-electron chi connectivity index (χ3n) is 6.41. The van der Waals surface area contributed by atoms with Gasteiger partial charge in [-0.05, 0) is 63.2 Å². The van der Waals surface area contributed by atoms with E-state index < -0.39 is 0 Å². The van der Waals surface area contributed by atoms with E-state index in [1.807, 2.05) is 28.8 Å². The number of likely N-dealkylation sites (tertiary alicyclic amines) is 1. The first-order chi connectivity index (χ1) is 17.0. The van der Waals surface area contributed by atoms with Gasteiger partial charge in [0.15, 0.2) is 11.0 Å². The lowest BCUT2D eigenvalue weighted by Gasteiger charge is -2.31. The highest BCUT2D eigenvalue weighted by Crippen LogP contribution is 2.30. The number of thioether (sulfide) groups is 1. The summed E-state index contributed by atoms with van der Waals surface area (Å²) in [6.07, 6.45) is 3.59. The Morgan fingerprint density at radius 1 is 1.11 bits per heavy atom. The number of hydrogen-bond acceptors (Lipinski definition) is 6. The number of piperidine rings is 1. The van der Waals surface area contributed by atoms with Crippen molar-refractivity contribution >= 4 is 17.7 Å². The van der Waals surface area contributed by atoms with Gasteiger partial charge < -0.3 is 9.64 Å². The highest BCUT2D eigenvalue weighted by atomic mass is 32.2. The molecule has 1 saturated heterocycles. The lowest BCUT2D eigenvalue weighted by Crippen LogP contribution is -2.33. The van der Waals surface area contributed by atoms with E-state index in [0.717, 1.165) is 35.9 Å². The van der Waals surface area contributed by atoms with Gasteiger partial charge in [0.1, 0.15) is 11.6 Å². The first-order valence-corrected chi connectivity index (χ1v) is 12.9. The zero-order valence-electron chi connectivity index (χ0n) is 20.5. The standard InChI is InChI=1S/C26H32FN5O2S/c1-19(31-15-7-4-8-16-31)25-28-29-26(32(25)22-13-11-21(27)12-14-22)35-18-24(33)30(2)17-20-9-5-6-10-23(20)34-3/h5-6,9-14,19H,4,7-8,15-18H2,1-3H3/t19-/m0/s1. The Morgan fingerprint density at radius 3 is 2.54 bits per heavy atom. The smallest absolute Gasteiger partial charge is 0.233 e. The number of amides is 1. The van der Waals surface area contributed by atoms with E-state index in [1.165, 1.54) is 43.2 Å². The third-order valence-corrected chi connectivity index (χ3v) is 7.32. The zero-order chi connectivity index (χ0) is 24.8. The van der Waals surface area contributed by atoms with E-state index in [1.54, 1.807) is 31.2 Å². The first kappa shape index (κ1) is 25.2. The molecule has 3 aromatic rings. The van der Waals surface area contributed by atoms with Crippen molar-refractivity contribution < 1.29 is 13.9 Å². The molecular formula is C26H32FN5O2S. The van der Waals surface area contributed by atoms with Crippen LogP contribution in [-0.4, -0.2) is 63.5 Å². The van der Waals surface area contributed by atoms with Crippen LogP contribution in [0, 0.1) is 5.82 Å². The summed E-state index contributed by atoms with van der Waals surface area (Å²) in [5, 5.41) is 9.58. The molecule has 186 valence electrons. The van der Waals surface area contributed by atoms with Crippen molar-refractivity contribution in [1.29, 1.82) is 0 Å². The fourth-order valence-corrected chi connectivity index (χ4v) is 5.26. The van der Waals surface area contributed by atoms with Crippen molar-refractivity contribution in [3.63, 3.8) is 0 Å². The lowest BCUT2D eigenvalue weighted by molar-refractivity contribution is -0.127. The predicted octanol–water partition coefficient (Wildman–Crippen LogP) is 4.71. The normalized spacial score (nSPS) is 15.1. The first-order valence-electron chi connectivity index (χ1n) is 11.9. The van der Waals surface area contributed by atoms with E-state index in [4.69, 9.17) is 4.74 Å². The molecule has 9 heteroatoms. The van der Waals surface area contributed by atoms with Crippen molar-refractivity contribution in [2.24, 2.45) is 0 Å². The molecule has 0 bridgehead atoms. The Labute approximate surface area is 210 Å². The number of carbonyl (C=O) groups excluding carboxylic acids is 1. The van der Waals surface area contributed by atoms with Crippen molar-refractivity contribution in [3.8, 4) is 11.4 Å². The molecule has 0 saturated carbocycles. The minimum atomic E-state index is -0.296. The van der Waals surface area contributed by atoms with E-state index in [0.29, 0.717) is 11.7 Å². The number of hydrogen-bond donors (Lipinski definition) is 0. The minimum absolute atomic E-state index is 0.0276. The molecule has 1 atom stereocenters. The van der Waals surface area contributed by atoms with Crippen molar-refractivity contribution in [2.45, 2.75) is 43.9 Å². The highest BCUT2D eigenvalue weighted by Gasteiger charge is 2.26. The summed E-state index contributed by atoms with van der Waals surface area (Å²) in [4.78, 5) is 17.0. The Morgan fingerprint density at radius 2 is 1.83 bits per heavy atom. The number of halogens is 1. The lowest BCUT2D eigenvalue weighted by atomic mass is 10.1. The van der Waals surface area contributed by atoms with Crippen molar-refractivity contribution in [2.75, 3.05) is 33.0 Å². The molecule has 0 unspecified atom stereocenters. The minimum Gasteiger partial charge on any atom is -0.496 e. The van der Waals surface area contributed by atoms with Crippen LogP contribution in [-0.2, 0) is 11.3 Å². The number of nitrogens with zero attached hydrogens (tertiary/aromatic N) is 5. The van der Waals surface area contributed by atoms with E-state index in [9.17, 15) is 9.18 Å². The molecule has 35 heavy (non-hydrogen) atoms. The molecule has 0 N–H and O–H groups in total. The van der Waals surface area contributed by atoms with Crippen molar-refractivity contribution in [1.82, 2.24) is 24.6 Å². The number of carbonyl (C=O) groups is 1. The second kappa shape index (κ2) is 11.7. The van der Waals surface area contributed by atoms with Crippen LogP contribution in [0.25, 0.3) is 5.69 Å². The summed E-state index contributed by atoms with van der Waals surface area (Å²) in [5.74, 6) is 1.45. The van der Waals surface area contributed by atoms with Gasteiger partial charge in [-0.2, -0.15) is 0 Å². The molecular weight excluding hydrogens is 465 g/mol. The molecule has 1 aromatic heterocycles. The van der Waals surface area contributed by atoms with Crippen LogP contribution in [0.3, 0.4) is 0 Å². The number of methoxy groups -OCH3 is 1. The molecule has 1 aliphatic rings. The summed E-state index contributed by atoms with van der Waals surface area (Å²) in [6.45, 7) is 4.62. The van der Waals surface area contributed by atoms with E-state index in [2.05, 4.69) is 22.0 Å². The number of aromatic nitrogens is 3. The van der Waals surface area contributed by atoms with Gasteiger partial charge in [0.2, 0.25) is 5.91 Å². The largest absolute Gasteiger partial charge is 0.496 e. The van der Waals surface area contributed by atoms with Gasteiger partial charge in [0, 0.05) is 24.8 Å². The highest BCUT2D eigenvalue weighted by molar-refractivity contribution is 7.99. The topological polar surface area (TPSA) is 63.5 Å². The molecule has 2 aromatic carbocycles. The molecule has 0 radical (unpaired) electrons. The van der Waals surface area contributed by atoms with E-state index in [-0.39, 0.29) is 23.5 Å². The maximum atomic E-state index is 13.6. The molecule has 7 nitrogen and oxygen atoms in total.